The van der Waals surface area contributed by atoms with Gasteiger partial charge in [-0.25, -0.2) is 4.39 Å². The second-order valence-corrected chi connectivity index (χ2v) is 6.07. The number of non-ortho nitro benzene ring substituents is 1. The molecule has 0 aliphatic heterocycles. The normalized spacial score (nSPS) is 10.9. The molecule has 0 spiro atoms. The molecule has 0 fully saturated rings. The maximum atomic E-state index is 13.3. The molecule has 1 heterocycles. The van der Waals surface area contributed by atoms with Crippen LogP contribution in [0.3, 0.4) is 0 Å². The Morgan fingerprint density at radius 1 is 0.889 bits per heavy atom. The summed E-state index contributed by atoms with van der Waals surface area (Å²) < 4.78 is 15.0. The third-order valence-electron chi connectivity index (χ3n) is 4.39. The van der Waals surface area contributed by atoms with Crippen molar-refractivity contribution in [1.82, 2.24) is 4.57 Å². The number of pyridine rings is 1. The SMILES string of the molecule is O=c1ccn(-c2ccc(F)cc2)c2cc(-c3cccc([N+](=O)[O-])c3)ccc12. The maximum absolute atomic E-state index is 13.3. The second kappa shape index (κ2) is 6.49. The molecule has 0 saturated carbocycles. The number of hydrogen-bond donors (Lipinski definition) is 0. The van der Waals surface area contributed by atoms with Crippen molar-refractivity contribution < 1.29 is 9.31 Å². The highest BCUT2D eigenvalue weighted by Gasteiger charge is 2.10. The van der Waals surface area contributed by atoms with Gasteiger partial charge in [0.25, 0.3) is 5.69 Å². The average Bonchev–Trinajstić information content (AvgIpc) is 2.69. The van der Waals surface area contributed by atoms with Gasteiger partial charge in [0.2, 0.25) is 0 Å². The van der Waals surface area contributed by atoms with Crippen molar-refractivity contribution in [3.8, 4) is 16.8 Å². The molecule has 5 nitrogen and oxygen atoms in total. The smallest absolute Gasteiger partial charge is 0.270 e. The second-order valence-electron chi connectivity index (χ2n) is 6.07. The van der Waals surface area contributed by atoms with Gasteiger partial charge in [-0.1, -0.05) is 18.2 Å². The number of nitro groups is 1. The summed E-state index contributed by atoms with van der Waals surface area (Å²) in [6.45, 7) is 0. The van der Waals surface area contributed by atoms with Crippen LogP contribution in [0, 0.1) is 15.9 Å². The van der Waals surface area contributed by atoms with Gasteiger partial charge in [0.1, 0.15) is 5.82 Å². The molecule has 6 heteroatoms. The van der Waals surface area contributed by atoms with Gasteiger partial charge in [-0.15, -0.1) is 0 Å². The quantitative estimate of drug-likeness (QED) is 0.393. The van der Waals surface area contributed by atoms with Crippen LogP contribution in [-0.2, 0) is 0 Å². The zero-order chi connectivity index (χ0) is 19.0. The van der Waals surface area contributed by atoms with Crippen LogP contribution in [-0.4, -0.2) is 9.49 Å². The molecular formula is C21H13FN2O3. The Morgan fingerprint density at radius 2 is 1.63 bits per heavy atom. The predicted molar refractivity (Wildman–Crippen MR) is 102 cm³/mol. The van der Waals surface area contributed by atoms with Crippen LogP contribution < -0.4 is 5.43 Å². The van der Waals surface area contributed by atoms with Crippen molar-refractivity contribution >= 4 is 16.6 Å². The molecule has 4 rings (SSSR count). The minimum Gasteiger partial charge on any atom is -0.316 e. The van der Waals surface area contributed by atoms with E-state index in [9.17, 15) is 19.3 Å². The number of benzene rings is 3. The topological polar surface area (TPSA) is 65.1 Å². The molecule has 0 bridgehead atoms. The van der Waals surface area contributed by atoms with E-state index < -0.39 is 4.92 Å². The standard InChI is InChI=1S/C21H13FN2O3/c22-16-5-7-17(8-6-16)23-11-10-21(25)19-9-4-15(13-20(19)23)14-2-1-3-18(12-14)24(26)27/h1-13H. The van der Waals surface area contributed by atoms with Crippen molar-refractivity contribution in [2.75, 3.05) is 0 Å². The van der Waals surface area contributed by atoms with Crippen LogP contribution in [0.5, 0.6) is 0 Å². The van der Waals surface area contributed by atoms with Gasteiger partial charge < -0.3 is 4.57 Å². The van der Waals surface area contributed by atoms with E-state index in [1.807, 2.05) is 0 Å². The Hall–Kier alpha value is -3.80. The van der Waals surface area contributed by atoms with Gasteiger partial charge in [-0.3, -0.25) is 14.9 Å². The Kier molecular flexibility index (Phi) is 4.01. The molecule has 0 atom stereocenters. The number of hydrogen-bond acceptors (Lipinski definition) is 3. The Balaban J connectivity index is 1.94. The van der Waals surface area contributed by atoms with E-state index in [0.29, 0.717) is 22.2 Å². The minimum atomic E-state index is -0.445. The average molecular weight is 360 g/mol. The Bertz CT molecular complexity index is 1230. The largest absolute Gasteiger partial charge is 0.316 e. The lowest BCUT2D eigenvalue weighted by molar-refractivity contribution is -0.384. The lowest BCUT2D eigenvalue weighted by atomic mass is 10.0. The van der Waals surface area contributed by atoms with Crippen LogP contribution in [0.15, 0.2) is 83.8 Å². The lowest BCUT2D eigenvalue weighted by Crippen LogP contribution is -2.06. The number of aromatic nitrogens is 1. The number of rotatable bonds is 3. The third-order valence-corrected chi connectivity index (χ3v) is 4.39. The predicted octanol–water partition coefficient (Wildman–Crippen LogP) is 4.71. The minimum absolute atomic E-state index is 0.00316. The zero-order valence-electron chi connectivity index (χ0n) is 14.0. The van der Waals surface area contributed by atoms with Gasteiger partial charge in [-0.05, 0) is 47.5 Å². The van der Waals surface area contributed by atoms with Crippen molar-refractivity contribution in [2.45, 2.75) is 0 Å². The molecule has 3 aromatic carbocycles. The van der Waals surface area contributed by atoms with Crippen LogP contribution in [0.1, 0.15) is 0 Å². The monoisotopic (exact) mass is 360 g/mol. The van der Waals surface area contributed by atoms with Gasteiger partial charge in [-0.2, -0.15) is 0 Å². The van der Waals surface area contributed by atoms with E-state index in [4.69, 9.17) is 0 Å². The first kappa shape index (κ1) is 16.7. The molecule has 0 radical (unpaired) electrons. The van der Waals surface area contributed by atoms with Crippen molar-refractivity contribution in [2.24, 2.45) is 0 Å². The van der Waals surface area contributed by atoms with E-state index in [0.717, 1.165) is 5.56 Å². The van der Waals surface area contributed by atoms with Crippen LogP contribution >= 0.6 is 0 Å². The van der Waals surface area contributed by atoms with Crippen molar-refractivity contribution in [3.05, 3.63) is 105 Å². The van der Waals surface area contributed by atoms with E-state index >= 15 is 0 Å². The molecule has 0 saturated heterocycles. The molecule has 4 aromatic rings. The highest BCUT2D eigenvalue weighted by molar-refractivity contribution is 5.86. The first-order chi connectivity index (χ1) is 13.0. The van der Waals surface area contributed by atoms with E-state index in [1.165, 1.54) is 30.3 Å². The summed E-state index contributed by atoms with van der Waals surface area (Å²) >= 11 is 0. The molecular weight excluding hydrogens is 347 g/mol. The number of nitro benzene ring substituents is 1. The fourth-order valence-electron chi connectivity index (χ4n) is 3.06. The summed E-state index contributed by atoms with van der Waals surface area (Å²) in [5.74, 6) is -0.346. The number of nitrogens with zero attached hydrogens (tertiary/aromatic N) is 2. The summed E-state index contributed by atoms with van der Waals surface area (Å²) in [6, 6.07) is 19.0. The van der Waals surface area contributed by atoms with Gasteiger partial charge in [0.05, 0.1) is 10.4 Å². The molecule has 1 aromatic heterocycles. The van der Waals surface area contributed by atoms with Gasteiger partial charge in [0.15, 0.2) is 5.43 Å². The molecule has 0 N–H and O–H groups in total. The molecule has 0 aliphatic rings. The number of halogens is 1. The van der Waals surface area contributed by atoms with Crippen LogP contribution in [0.2, 0.25) is 0 Å². The zero-order valence-corrected chi connectivity index (χ0v) is 14.0. The summed E-state index contributed by atoms with van der Waals surface area (Å²) in [7, 11) is 0. The lowest BCUT2D eigenvalue weighted by Gasteiger charge is -2.12. The van der Waals surface area contributed by atoms with E-state index in [-0.39, 0.29) is 16.9 Å². The first-order valence-electron chi connectivity index (χ1n) is 8.19. The summed E-state index contributed by atoms with van der Waals surface area (Å²) in [6.07, 6.45) is 1.63. The maximum Gasteiger partial charge on any atom is 0.270 e. The van der Waals surface area contributed by atoms with Gasteiger partial charge >= 0.3 is 0 Å². The fourth-order valence-corrected chi connectivity index (χ4v) is 3.06. The Labute approximate surface area is 153 Å². The van der Waals surface area contributed by atoms with Gasteiger partial charge in [0, 0.05) is 35.5 Å². The van der Waals surface area contributed by atoms with Crippen LogP contribution in [0.25, 0.3) is 27.7 Å². The Morgan fingerprint density at radius 3 is 2.37 bits per heavy atom. The van der Waals surface area contributed by atoms with Crippen molar-refractivity contribution in [3.63, 3.8) is 0 Å². The first-order valence-corrected chi connectivity index (χ1v) is 8.19. The molecule has 0 unspecified atom stereocenters. The molecule has 0 aliphatic carbocycles. The summed E-state index contributed by atoms with van der Waals surface area (Å²) in [5.41, 5.74) is 2.63. The summed E-state index contributed by atoms with van der Waals surface area (Å²) in [4.78, 5) is 22.8. The fraction of sp³-hybridized carbons (Fsp3) is 0. The molecule has 0 amide bonds. The summed E-state index contributed by atoms with van der Waals surface area (Å²) in [5, 5.41) is 11.5. The molecule has 27 heavy (non-hydrogen) atoms. The highest BCUT2D eigenvalue weighted by atomic mass is 19.1. The number of fused-ring (bicyclic) bond motifs is 1. The van der Waals surface area contributed by atoms with Crippen molar-refractivity contribution in [1.29, 1.82) is 0 Å². The molecule has 132 valence electrons. The third kappa shape index (κ3) is 3.08. The highest BCUT2D eigenvalue weighted by Crippen LogP contribution is 2.27. The van der Waals surface area contributed by atoms with E-state index in [2.05, 4.69) is 0 Å². The van der Waals surface area contributed by atoms with E-state index in [1.54, 1.807) is 53.2 Å². The van der Waals surface area contributed by atoms with Crippen LogP contribution in [0.4, 0.5) is 10.1 Å².